The average molecular weight is 305 g/mol. The smallest absolute Gasteiger partial charge is 0.238 e. The normalized spacial score (nSPS) is 19.9. The van der Waals surface area contributed by atoms with Gasteiger partial charge in [-0.05, 0) is 50.5 Å². The third-order valence-corrected chi connectivity index (χ3v) is 5.10. The lowest BCUT2D eigenvalue weighted by Gasteiger charge is -2.36. The second-order valence-electron chi connectivity index (χ2n) is 5.57. The maximum absolute atomic E-state index is 11.7. The molecule has 1 atom stereocenters. The van der Waals surface area contributed by atoms with Gasteiger partial charge < -0.3 is 4.90 Å². The Morgan fingerprint density at radius 3 is 2.81 bits per heavy atom. The first-order valence-corrected chi connectivity index (χ1v) is 8.70. The van der Waals surface area contributed by atoms with Gasteiger partial charge in [-0.15, -0.1) is 0 Å². The van der Waals surface area contributed by atoms with Gasteiger partial charge in [-0.2, -0.15) is 0 Å². The summed E-state index contributed by atoms with van der Waals surface area (Å²) in [4.78, 5) is 6.85. The molecule has 6 heteroatoms. The fourth-order valence-corrected chi connectivity index (χ4v) is 3.80. The second-order valence-corrected chi connectivity index (χ2v) is 7.10. The molecule has 0 bridgehead atoms. The lowest BCUT2D eigenvalue weighted by molar-refractivity contribution is 0.485. The van der Waals surface area contributed by atoms with Gasteiger partial charge in [-0.3, -0.25) is 4.98 Å². The van der Waals surface area contributed by atoms with E-state index in [-0.39, 0.29) is 4.90 Å². The number of primary sulfonamides is 1. The largest absolute Gasteiger partial charge is 0.367 e. The zero-order valence-corrected chi connectivity index (χ0v) is 12.8. The number of piperidine rings is 1. The molecule has 0 amide bonds. The monoisotopic (exact) mass is 305 g/mol. The molecule has 5 nitrogen and oxygen atoms in total. The summed E-state index contributed by atoms with van der Waals surface area (Å²) >= 11 is 0. The molecule has 0 radical (unpaired) electrons. The Labute approximate surface area is 124 Å². The minimum atomic E-state index is -3.75. The Kier molecular flexibility index (Phi) is 3.59. The van der Waals surface area contributed by atoms with Crippen molar-refractivity contribution < 1.29 is 8.42 Å². The van der Waals surface area contributed by atoms with E-state index in [2.05, 4.69) is 16.8 Å². The molecule has 0 unspecified atom stereocenters. The number of aromatic nitrogens is 1. The van der Waals surface area contributed by atoms with Crippen LogP contribution >= 0.6 is 0 Å². The predicted octanol–water partition coefficient (Wildman–Crippen LogP) is 2.26. The van der Waals surface area contributed by atoms with E-state index in [1.165, 1.54) is 6.42 Å². The molecular formula is C15H19N3O2S. The summed E-state index contributed by atoms with van der Waals surface area (Å²) in [6.45, 7) is 3.17. The van der Waals surface area contributed by atoms with E-state index in [9.17, 15) is 8.42 Å². The van der Waals surface area contributed by atoms with E-state index < -0.39 is 10.0 Å². The zero-order valence-electron chi connectivity index (χ0n) is 12.0. The Morgan fingerprint density at radius 1 is 1.29 bits per heavy atom. The number of anilines is 1. The fraction of sp³-hybridized carbons (Fsp3) is 0.400. The predicted molar refractivity (Wildman–Crippen MR) is 83.8 cm³/mol. The van der Waals surface area contributed by atoms with Gasteiger partial charge in [0, 0.05) is 24.2 Å². The summed E-state index contributed by atoms with van der Waals surface area (Å²) in [5, 5.41) is 5.90. The molecule has 1 aromatic heterocycles. The van der Waals surface area contributed by atoms with Crippen LogP contribution in [0.25, 0.3) is 10.9 Å². The number of hydrogen-bond donors (Lipinski definition) is 1. The van der Waals surface area contributed by atoms with Gasteiger partial charge in [0.2, 0.25) is 10.0 Å². The van der Waals surface area contributed by atoms with Crippen LogP contribution in [0.1, 0.15) is 26.2 Å². The molecule has 0 saturated carbocycles. The summed E-state index contributed by atoms with van der Waals surface area (Å²) in [7, 11) is -3.75. The molecule has 1 aromatic carbocycles. The minimum Gasteiger partial charge on any atom is -0.367 e. The number of rotatable bonds is 2. The third kappa shape index (κ3) is 2.61. The summed E-state index contributed by atoms with van der Waals surface area (Å²) in [6.07, 6.45) is 5.21. The molecule has 1 aliphatic rings. The van der Waals surface area contributed by atoms with Crippen molar-refractivity contribution in [3.05, 3.63) is 30.5 Å². The van der Waals surface area contributed by atoms with Gasteiger partial charge in [0.05, 0.1) is 16.1 Å². The van der Waals surface area contributed by atoms with Gasteiger partial charge >= 0.3 is 0 Å². The first kappa shape index (κ1) is 14.3. The molecule has 2 N–H and O–H groups in total. The van der Waals surface area contributed by atoms with Crippen LogP contribution in [-0.4, -0.2) is 26.0 Å². The molecule has 2 heterocycles. The lowest BCUT2D eigenvalue weighted by atomic mass is 10.0. The number of nitrogens with two attached hydrogens (primary N) is 1. The SMILES string of the molecule is C[C@H]1CCCCN1c1ccc(S(N)(=O)=O)c2cccnc12. The van der Waals surface area contributed by atoms with Crippen LogP contribution in [0.2, 0.25) is 0 Å². The summed E-state index contributed by atoms with van der Waals surface area (Å²) < 4.78 is 23.5. The number of pyridine rings is 1. The van der Waals surface area contributed by atoms with E-state index in [1.54, 1.807) is 24.4 Å². The molecule has 1 aliphatic heterocycles. The highest BCUT2D eigenvalue weighted by molar-refractivity contribution is 7.89. The number of hydrogen-bond acceptors (Lipinski definition) is 4. The quantitative estimate of drug-likeness (QED) is 0.923. The lowest BCUT2D eigenvalue weighted by Crippen LogP contribution is -2.37. The molecule has 3 rings (SSSR count). The Bertz CT molecular complexity index is 774. The third-order valence-electron chi connectivity index (χ3n) is 4.13. The number of fused-ring (bicyclic) bond motifs is 1. The first-order chi connectivity index (χ1) is 9.98. The highest BCUT2D eigenvalue weighted by atomic mass is 32.2. The number of sulfonamides is 1. The van der Waals surface area contributed by atoms with Gasteiger partial charge in [0.25, 0.3) is 0 Å². The van der Waals surface area contributed by atoms with Crippen molar-refractivity contribution in [3.63, 3.8) is 0 Å². The van der Waals surface area contributed by atoms with Gasteiger partial charge in [-0.1, -0.05) is 0 Å². The maximum Gasteiger partial charge on any atom is 0.238 e. The molecule has 21 heavy (non-hydrogen) atoms. The second kappa shape index (κ2) is 5.27. The summed E-state index contributed by atoms with van der Waals surface area (Å²) in [5.74, 6) is 0. The summed E-state index contributed by atoms with van der Waals surface area (Å²) in [5.41, 5.74) is 1.70. The average Bonchev–Trinajstić information content (AvgIpc) is 2.46. The molecule has 2 aromatic rings. The van der Waals surface area contributed by atoms with Crippen molar-refractivity contribution in [3.8, 4) is 0 Å². The highest BCUT2D eigenvalue weighted by Gasteiger charge is 2.23. The van der Waals surface area contributed by atoms with Crippen molar-refractivity contribution in [1.29, 1.82) is 0 Å². The molecular weight excluding hydrogens is 286 g/mol. The van der Waals surface area contributed by atoms with Crippen LogP contribution in [0.15, 0.2) is 35.4 Å². The van der Waals surface area contributed by atoms with Crippen molar-refractivity contribution in [1.82, 2.24) is 4.98 Å². The Morgan fingerprint density at radius 2 is 2.10 bits per heavy atom. The zero-order chi connectivity index (χ0) is 15.0. The molecule has 112 valence electrons. The van der Waals surface area contributed by atoms with E-state index in [1.807, 2.05) is 6.07 Å². The first-order valence-electron chi connectivity index (χ1n) is 7.15. The molecule has 1 fully saturated rings. The van der Waals surface area contributed by atoms with Gasteiger partial charge in [0.1, 0.15) is 0 Å². The van der Waals surface area contributed by atoms with E-state index in [0.29, 0.717) is 16.9 Å². The van der Waals surface area contributed by atoms with Gasteiger partial charge in [0.15, 0.2) is 0 Å². The molecule has 1 saturated heterocycles. The van der Waals surface area contributed by atoms with Crippen molar-refractivity contribution in [2.75, 3.05) is 11.4 Å². The van der Waals surface area contributed by atoms with Crippen LogP contribution < -0.4 is 10.0 Å². The standard InChI is InChI=1S/C15H19N3O2S/c1-11-5-2-3-10-18(11)13-7-8-14(21(16,19)20)12-6-4-9-17-15(12)13/h4,6-9,11H,2-3,5,10H2,1H3,(H2,16,19,20)/t11-/m0/s1. The topological polar surface area (TPSA) is 76.3 Å². The summed E-state index contributed by atoms with van der Waals surface area (Å²) in [6, 6.07) is 7.36. The number of benzene rings is 1. The minimum absolute atomic E-state index is 0.138. The number of nitrogens with zero attached hydrogens (tertiary/aromatic N) is 2. The Hall–Kier alpha value is -1.66. The van der Waals surface area contributed by atoms with E-state index >= 15 is 0 Å². The van der Waals surface area contributed by atoms with Crippen molar-refractivity contribution in [2.45, 2.75) is 37.1 Å². The van der Waals surface area contributed by atoms with Gasteiger partial charge in [-0.25, -0.2) is 13.6 Å². The van der Waals surface area contributed by atoms with Crippen LogP contribution in [0.3, 0.4) is 0 Å². The maximum atomic E-state index is 11.7. The Balaban J connectivity index is 2.22. The molecule has 0 spiro atoms. The van der Waals surface area contributed by atoms with E-state index in [0.717, 1.165) is 25.1 Å². The van der Waals surface area contributed by atoms with Crippen LogP contribution in [0, 0.1) is 0 Å². The van der Waals surface area contributed by atoms with Crippen molar-refractivity contribution >= 4 is 26.6 Å². The van der Waals surface area contributed by atoms with E-state index in [4.69, 9.17) is 5.14 Å². The molecule has 0 aliphatic carbocycles. The van der Waals surface area contributed by atoms with Crippen LogP contribution in [-0.2, 0) is 10.0 Å². The highest BCUT2D eigenvalue weighted by Crippen LogP contribution is 2.33. The van der Waals surface area contributed by atoms with Crippen LogP contribution in [0.4, 0.5) is 5.69 Å². The fourth-order valence-electron chi connectivity index (χ4n) is 3.07. The van der Waals surface area contributed by atoms with Crippen molar-refractivity contribution in [2.24, 2.45) is 5.14 Å². The van der Waals surface area contributed by atoms with Crippen LogP contribution in [0.5, 0.6) is 0 Å².